The minimum atomic E-state index is 0.846. The lowest BCUT2D eigenvalue weighted by atomic mass is 10.1. The predicted octanol–water partition coefficient (Wildman–Crippen LogP) is 3.83. The summed E-state index contributed by atoms with van der Waals surface area (Å²) in [5, 5.41) is 8.24. The molecule has 0 N–H and O–H groups in total. The summed E-state index contributed by atoms with van der Waals surface area (Å²) in [6, 6.07) is 0. The molecule has 1 fully saturated rings. The average Bonchev–Trinajstić information content (AvgIpc) is 2.77. The van der Waals surface area contributed by atoms with Crippen LogP contribution >= 0.6 is 11.3 Å². The number of rotatable bonds is 2. The van der Waals surface area contributed by atoms with Crippen LogP contribution in [0.2, 0.25) is 0 Å². The fraction of sp³-hybridized carbons (Fsp3) is 0.562. The van der Waals surface area contributed by atoms with Gasteiger partial charge in [-0.15, -0.1) is 11.3 Å². The van der Waals surface area contributed by atoms with Crippen LogP contribution in [0.1, 0.15) is 48.1 Å². The highest BCUT2D eigenvalue weighted by atomic mass is 32.1. The molecule has 1 aliphatic heterocycles. The van der Waals surface area contributed by atoms with Gasteiger partial charge in [0.1, 0.15) is 10.7 Å². The van der Waals surface area contributed by atoms with Crippen molar-refractivity contribution in [1.82, 2.24) is 15.0 Å². The number of thiophene rings is 1. The Bertz CT molecular complexity index is 696. The van der Waals surface area contributed by atoms with E-state index in [1.54, 1.807) is 11.3 Å². The van der Waals surface area contributed by atoms with Gasteiger partial charge in [-0.3, -0.25) is 5.01 Å². The zero-order chi connectivity index (χ0) is 15.0. The summed E-state index contributed by atoms with van der Waals surface area (Å²) in [5.74, 6) is 0.846. The molecule has 2 aromatic rings. The van der Waals surface area contributed by atoms with Crippen molar-refractivity contribution in [3.63, 3.8) is 0 Å². The van der Waals surface area contributed by atoms with Crippen LogP contribution in [-0.4, -0.2) is 33.8 Å². The van der Waals surface area contributed by atoms with Crippen LogP contribution in [0.4, 0.5) is 0 Å². The molecule has 0 aliphatic carbocycles. The molecule has 0 radical (unpaired) electrons. The summed E-state index contributed by atoms with van der Waals surface area (Å²) in [7, 11) is 0. The van der Waals surface area contributed by atoms with Gasteiger partial charge in [-0.2, -0.15) is 5.10 Å². The van der Waals surface area contributed by atoms with Crippen LogP contribution in [-0.2, 0) is 0 Å². The molecule has 0 bridgehead atoms. The molecule has 0 spiro atoms. The maximum Gasteiger partial charge on any atom is 0.128 e. The highest BCUT2D eigenvalue weighted by molar-refractivity contribution is 7.20. The van der Waals surface area contributed by atoms with E-state index in [4.69, 9.17) is 5.10 Å². The van der Waals surface area contributed by atoms with Gasteiger partial charge in [0.25, 0.3) is 0 Å². The maximum absolute atomic E-state index is 4.83. The molecule has 1 saturated heterocycles. The molecule has 3 heterocycles. The van der Waals surface area contributed by atoms with Crippen molar-refractivity contribution >= 4 is 27.3 Å². The molecule has 5 heteroatoms. The minimum Gasteiger partial charge on any atom is -0.297 e. The van der Waals surface area contributed by atoms with Gasteiger partial charge in [-0.25, -0.2) is 9.97 Å². The van der Waals surface area contributed by atoms with E-state index in [2.05, 4.69) is 35.7 Å². The van der Waals surface area contributed by atoms with Crippen LogP contribution in [0.25, 0.3) is 10.2 Å². The van der Waals surface area contributed by atoms with Gasteiger partial charge < -0.3 is 0 Å². The Morgan fingerprint density at radius 2 is 1.81 bits per heavy atom. The van der Waals surface area contributed by atoms with Crippen molar-refractivity contribution < 1.29 is 0 Å². The molecule has 21 heavy (non-hydrogen) atoms. The largest absolute Gasteiger partial charge is 0.297 e. The van der Waals surface area contributed by atoms with Crippen molar-refractivity contribution in [2.75, 3.05) is 13.1 Å². The highest BCUT2D eigenvalue weighted by Crippen LogP contribution is 2.31. The summed E-state index contributed by atoms with van der Waals surface area (Å²) in [5.41, 5.74) is 3.45. The van der Waals surface area contributed by atoms with Crippen molar-refractivity contribution in [1.29, 1.82) is 0 Å². The molecule has 0 unspecified atom stereocenters. The first-order valence-corrected chi connectivity index (χ1v) is 8.43. The second-order valence-electron chi connectivity index (χ2n) is 5.79. The van der Waals surface area contributed by atoms with Crippen LogP contribution in [0.15, 0.2) is 5.10 Å². The Morgan fingerprint density at radius 3 is 2.52 bits per heavy atom. The monoisotopic (exact) mass is 302 g/mol. The number of hydrogen-bond donors (Lipinski definition) is 0. The number of hydrogen-bond acceptors (Lipinski definition) is 5. The Balaban J connectivity index is 2.01. The molecule has 0 aromatic carbocycles. The van der Waals surface area contributed by atoms with Gasteiger partial charge in [0.2, 0.25) is 0 Å². The number of fused-ring (bicyclic) bond motifs is 1. The summed E-state index contributed by atoms with van der Waals surface area (Å²) >= 11 is 1.74. The lowest BCUT2D eigenvalue weighted by Gasteiger charge is -2.24. The Labute approximate surface area is 129 Å². The fourth-order valence-electron chi connectivity index (χ4n) is 3.05. The lowest BCUT2D eigenvalue weighted by Crippen LogP contribution is -2.25. The molecule has 0 atom stereocenters. The first-order valence-electron chi connectivity index (χ1n) is 7.61. The number of nitrogens with zero attached hydrogens (tertiary/aromatic N) is 4. The summed E-state index contributed by atoms with van der Waals surface area (Å²) < 4.78 is 0. The molecule has 3 rings (SSSR count). The smallest absolute Gasteiger partial charge is 0.128 e. The van der Waals surface area contributed by atoms with Gasteiger partial charge in [-0.05, 0) is 52.5 Å². The first kappa shape index (κ1) is 14.4. The lowest BCUT2D eigenvalue weighted by molar-refractivity contribution is 0.239. The van der Waals surface area contributed by atoms with Gasteiger partial charge in [0.15, 0.2) is 0 Å². The molecular weight excluding hydrogens is 280 g/mol. The van der Waals surface area contributed by atoms with Crippen LogP contribution in [0.5, 0.6) is 0 Å². The molecular formula is C16H22N4S. The van der Waals surface area contributed by atoms with Gasteiger partial charge in [0.05, 0.1) is 10.6 Å². The number of aromatic nitrogens is 2. The molecule has 112 valence electrons. The van der Waals surface area contributed by atoms with Gasteiger partial charge in [-0.1, -0.05) is 0 Å². The second kappa shape index (κ2) is 5.72. The zero-order valence-electron chi connectivity index (χ0n) is 13.2. The van der Waals surface area contributed by atoms with Gasteiger partial charge >= 0.3 is 0 Å². The molecule has 4 nitrogen and oxygen atoms in total. The van der Waals surface area contributed by atoms with Crippen LogP contribution in [0, 0.1) is 20.8 Å². The van der Waals surface area contributed by atoms with E-state index < -0.39 is 0 Å². The van der Waals surface area contributed by atoms with E-state index in [1.165, 1.54) is 35.1 Å². The first-order chi connectivity index (χ1) is 10.1. The minimum absolute atomic E-state index is 0.846. The van der Waals surface area contributed by atoms with E-state index in [1.807, 2.05) is 6.92 Å². The second-order valence-corrected chi connectivity index (χ2v) is 6.79. The molecule has 1 aliphatic rings. The van der Waals surface area contributed by atoms with E-state index in [-0.39, 0.29) is 0 Å². The number of aryl methyl sites for hydroxylation is 3. The third-order valence-corrected chi connectivity index (χ3v) is 5.33. The van der Waals surface area contributed by atoms with Crippen molar-refractivity contribution in [2.45, 2.75) is 47.0 Å². The van der Waals surface area contributed by atoms with E-state index in [0.29, 0.717) is 0 Å². The maximum atomic E-state index is 4.83. The van der Waals surface area contributed by atoms with E-state index in [0.717, 1.165) is 35.1 Å². The topological polar surface area (TPSA) is 41.4 Å². The summed E-state index contributed by atoms with van der Waals surface area (Å²) in [4.78, 5) is 11.4. The fourth-order valence-corrected chi connectivity index (χ4v) is 4.27. The number of hydrazone groups is 1. The number of piperidine rings is 1. The van der Waals surface area contributed by atoms with Crippen LogP contribution < -0.4 is 0 Å². The predicted molar refractivity (Wildman–Crippen MR) is 89.3 cm³/mol. The Morgan fingerprint density at radius 1 is 1.10 bits per heavy atom. The third kappa shape index (κ3) is 2.79. The van der Waals surface area contributed by atoms with Crippen molar-refractivity contribution in [3.8, 4) is 0 Å². The summed E-state index contributed by atoms with van der Waals surface area (Å²) in [6.45, 7) is 10.5. The Hall–Kier alpha value is -1.49. The quantitative estimate of drug-likeness (QED) is 0.792. The normalized spacial score (nSPS) is 16.8. The van der Waals surface area contributed by atoms with Gasteiger partial charge in [0, 0.05) is 24.2 Å². The average molecular weight is 302 g/mol. The SMILES string of the molecule is C/C(=N/N1CCCCC1)c1sc2nc(C)nc(C)c2c1C. The highest BCUT2D eigenvalue weighted by Gasteiger charge is 2.16. The molecule has 0 saturated carbocycles. The van der Waals surface area contributed by atoms with Crippen molar-refractivity contribution in [3.05, 3.63) is 22.0 Å². The standard InChI is InChI=1S/C16H22N4S/c1-10-14-11(2)17-13(4)18-16(14)21-15(10)12(3)19-20-8-6-5-7-9-20/h5-9H2,1-4H3/b19-12-. The van der Waals surface area contributed by atoms with E-state index >= 15 is 0 Å². The zero-order valence-corrected chi connectivity index (χ0v) is 14.0. The molecule has 0 amide bonds. The molecule has 2 aromatic heterocycles. The van der Waals surface area contributed by atoms with E-state index in [9.17, 15) is 0 Å². The summed E-state index contributed by atoms with van der Waals surface area (Å²) in [6.07, 6.45) is 3.85. The van der Waals surface area contributed by atoms with Crippen LogP contribution in [0.3, 0.4) is 0 Å². The third-order valence-electron chi connectivity index (χ3n) is 4.04. The van der Waals surface area contributed by atoms with Crippen molar-refractivity contribution in [2.24, 2.45) is 5.10 Å². The Kier molecular flexibility index (Phi) is 3.93.